The molecule has 1 aromatic rings. The van der Waals surface area contributed by atoms with Gasteiger partial charge in [-0.25, -0.2) is 0 Å². The van der Waals surface area contributed by atoms with Crippen molar-refractivity contribution in [2.75, 3.05) is 17.2 Å². The molecular formula is C11H20ClN5. The minimum atomic E-state index is 0.209. The molecule has 0 spiro atoms. The molecule has 0 radical (unpaired) electrons. The molecule has 2 N–H and O–H groups in total. The lowest BCUT2D eigenvalue weighted by Gasteiger charge is -2.13. The lowest BCUT2D eigenvalue weighted by atomic mass is 10.1. The Hall–Kier alpha value is -1.10. The molecule has 1 unspecified atom stereocenters. The van der Waals surface area contributed by atoms with Crippen molar-refractivity contribution in [1.29, 1.82) is 0 Å². The Morgan fingerprint density at radius 1 is 1.18 bits per heavy atom. The van der Waals surface area contributed by atoms with Crippen LogP contribution in [0.25, 0.3) is 0 Å². The fourth-order valence-electron chi connectivity index (χ4n) is 1.45. The third-order valence-electron chi connectivity index (χ3n) is 2.31. The molecule has 0 bridgehead atoms. The highest BCUT2D eigenvalue weighted by molar-refractivity contribution is 6.28. The van der Waals surface area contributed by atoms with Crippen molar-refractivity contribution < 1.29 is 0 Å². The van der Waals surface area contributed by atoms with Gasteiger partial charge in [-0.2, -0.15) is 15.0 Å². The van der Waals surface area contributed by atoms with Gasteiger partial charge in [0.25, 0.3) is 0 Å². The predicted octanol–water partition coefficient (Wildman–Crippen LogP) is 2.95. The van der Waals surface area contributed by atoms with Gasteiger partial charge in [-0.05, 0) is 31.9 Å². The normalized spacial score (nSPS) is 12.2. The summed E-state index contributed by atoms with van der Waals surface area (Å²) in [5.41, 5.74) is 0. The first-order chi connectivity index (χ1) is 8.15. The fraction of sp³-hybridized carbons (Fsp3) is 0.727. The zero-order valence-electron chi connectivity index (χ0n) is 10.6. The molecule has 6 heteroatoms. The lowest BCUT2D eigenvalue weighted by molar-refractivity contribution is 0.640. The summed E-state index contributed by atoms with van der Waals surface area (Å²) in [6.07, 6.45) is 3.47. The van der Waals surface area contributed by atoms with Crippen LogP contribution in [0.15, 0.2) is 0 Å². The Labute approximate surface area is 107 Å². The van der Waals surface area contributed by atoms with Crippen molar-refractivity contribution >= 4 is 23.5 Å². The molecule has 17 heavy (non-hydrogen) atoms. The molecule has 0 fully saturated rings. The van der Waals surface area contributed by atoms with Crippen molar-refractivity contribution in [3.8, 4) is 0 Å². The number of hydrogen-bond donors (Lipinski definition) is 2. The molecule has 0 aliphatic carbocycles. The van der Waals surface area contributed by atoms with Gasteiger partial charge < -0.3 is 10.6 Å². The highest BCUT2D eigenvalue weighted by Gasteiger charge is 2.07. The minimum Gasteiger partial charge on any atom is -0.354 e. The van der Waals surface area contributed by atoms with Gasteiger partial charge in [0.05, 0.1) is 0 Å². The summed E-state index contributed by atoms with van der Waals surface area (Å²) in [5, 5.41) is 6.46. The summed E-state index contributed by atoms with van der Waals surface area (Å²) < 4.78 is 0. The molecule has 1 heterocycles. The van der Waals surface area contributed by atoms with E-state index < -0.39 is 0 Å². The van der Waals surface area contributed by atoms with E-state index in [2.05, 4.69) is 39.4 Å². The zero-order valence-corrected chi connectivity index (χ0v) is 11.4. The molecule has 5 nitrogen and oxygen atoms in total. The Kier molecular flexibility index (Phi) is 5.97. The molecule has 0 aliphatic heterocycles. The summed E-state index contributed by atoms with van der Waals surface area (Å²) in [4.78, 5) is 12.3. The lowest BCUT2D eigenvalue weighted by Crippen LogP contribution is -2.18. The van der Waals surface area contributed by atoms with Crippen molar-refractivity contribution in [3.05, 3.63) is 5.28 Å². The quantitative estimate of drug-likeness (QED) is 0.786. The van der Waals surface area contributed by atoms with Gasteiger partial charge in [0, 0.05) is 12.6 Å². The van der Waals surface area contributed by atoms with E-state index in [4.69, 9.17) is 11.6 Å². The van der Waals surface area contributed by atoms with Gasteiger partial charge in [-0.15, -0.1) is 0 Å². The first-order valence-corrected chi connectivity index (χ1v) is 6.45. The van der Waals surface area contributed by atoms with Crippen LogP contribution in [0.1, 0.15) is 40.0 Å². The number of nitrogens with zero attached hydrogens (tertiary/aromatic N) is 3. The molecule has 1 atom stereocenters. The monoisotopic (exact) mass is 257 g/mol. The minimum absolute atomic E-state index is 0.209. The average Bonchev–Trinajstić information content (AvgIpc) is 2.26. The van der Waals surface area contributed by atoms with Crippen LogP contribution in [0.2, 0.25) is 5.28 Å². The second-order valence-electron chi connectivity index (χ2n) is 3.97. The summed E-state index contributed by atoms with van der Waals surface area (Å²) in [5.74, 6) is 1.04. The summed E-state index contributed by atoms with van der Waals surface area (Å²) >= 11 is 5.83. The Morgan fingerprint density at radius 2 is 1.88 bits per heavy atom. The number of halogens is 1. The molecular weight excluding hydrogens is 238 g/mol. The second kappa shape index (κ2) is 7.27. The summed E-state index contributed by atoms with van der Waals surface area (Å²) in [6, 6.07) is 0.336. The van der Waals surface area contributed by atoms with Crippen LogP contribution in [0.4, 0.5) is 11.9 Å². The third kappa shape index (κ3) is 5.17. The predicted molar refractivity (Wildman–Crippen MR) is 71.6 cm³/mol. The van der Waals surface area contributed by atoms with Gasteiger partial charge in [0.1, 0.15) is 0 Å². The average molecular weight is 258 g/mol. The topological polar surface area (TPSA) is 62.7 Å². The number of rotatable bonds is 7. The van der Waals surface area contributed by atoms with E-state index in [0.717, 1.165) is 13.0 Å². The zero-order chi connectivity index (χ0) is 12.7. The number of hydrogen-bond acceptors (Lipinski definition) is 5. The van der Waals surface area contributed by atoms with Crippen molar-refractivity contribution in [3.63, 3.8) is 0 Å². The Morgan fingerprint density at radius 3 is 2.53 bits per heavy atom. The van der Waals surface area contributed by atoms with Crippen molar-refractivity contribution in [2.24, 2.45) is 0 Å². The first-order valence-electron chi connectivity index (χ1n) is 6.07. The molecule has 0 amide bonds. The van der Waals surface area contributed by atoms with Crippen LogP contribution in [0.3, 0.4) is 0 Å². The summed E-state index contributed by atoms with van der Waals surface area (Å²) in [6.45, 7) is 7.02. The molecule has 0 saturated heterocycles. The van der Waals surface area contributed by atoms with Gasteiger partial charge >= 0.3 is 0 Å². The standard InChI is InChI=1S/C11H20ClN5/c1-4-6-7-8(3)14-11-16-9(12)15-10(17-11)13-5-2/h8H,4-7H2,1-3H3,(H2,13,14,15,16,17). The second-order valence-corrected chi connectivity index (χ2v) is 4.31. The van der Waals surface area contributed by atoms with Crippen LogP contribution >= 0.6 is 11.6 Å². The van der Waals surface area contributed by atoms with Crippen LogP contribution in [-0.2, 0) is 0 Å². The Bertz CT molecular complexity index is 345. The van der Waals surface area contributed by atoms with Crippen molar-refractivity contribution in [2.45, 2.75) is 46.1 Å². The van der Waals surface area contributed by atoms with E-state index in [-0.39, 0.29) is 5.28 Å². The summed E-state index contributed by atoms with van der Waals surface area (Å²) in [7, 11) is 0. The first kappa shape index (κ1) is 14.0. The third-order valence-corrected chi connectivity index (χ3v) is 2.48. The van der Waals surface area contributed by atoms with Crippen LogP contribution in [-0.4, -0.2) is 27.5 Å². The smallest absolute Gasteiger partial charge is 0.229 e. The van der Waals surface area contributed by atoms with Crippen LogP contribution in [0, 0.1) is 0 Å². The van der Waals surface area contributed by atoms with E-state index in [1.807, 2.05) is 6.92 Å². The van der Waals surface area contributed by atoms with Gasteiger partial charge in [0.2, 0.25) is 17.2 Å². The van der Waals surface area contributed by atoms with Crippen molar-refractivity contribution in [1.82, 2.24) is 15.0 Å². The van der Waals surface area contributed by atoms with Gasteiger partial charge in [0.15, 0.2) is 0 Å². The van der Waals surface area contributed by atoms with Crippen LogP contribution < -0.4 is 10.6 Å². The number of nitrogens with one attached hydrogen (secondary N) is 2. The SMILES string of the molecule is CCCCC(C)Nc1nc(Cl)nc(NCC)n1. The maximum absolute atomic E-state index is 5.83. The largest absolute Gasteiger partial charge is 0.354 e. The molecule has 0 aliphatic rings. The maximum Gasteiger partial charge on any atom is 0.229 e. The van der Waals surface area contributed by atoms with Gasteiger partial charge in [-0.3, -0.25) is 0 Å². The maximum atomic E-state index is 5.83. The number of aromatic nitrogens is 3. The highest BCUT2D eigenvalue weighted by Crippen LogP contribution is 2.12. The van der Waals surface area contributed by atoms with E-state index in [9.17, 15) is 0 Å². The molecule has 1 aromatic heterocycles. The van der Waals surface area contributed by atoms with E-state index in [1.54, 1.807) is 0 Å². The number of unbranched alkanes of at least 4 members (excludes halogenated alkanes) is 1. The Balaban J connectivity index is 2.63. The number of anilines is 2. The van der Waals surface area contributed by atoms with Crippen LogP contribution in [0.5, 0.6) is 0 Å². The van der Waals surface area contributed by atoms with E-state index >= 15 is 0 Å². The molecule has 0 aromatic carbocycles. The van der Waals surface area contributed by atoms with Gasteiger partial charge in [-0.1, -0.05) is 19.8 Å². The van der Waals surface area contributed by atoms with E-state index in [1.165, 1.54) is 12.8 Å². The molecule has 1 rings (SSSR count). The fourth-order valence-corrected chi connectivity index (χ4v) is 1.61. The van der Waals surface area contributed by atoms with E-state index in [0.29, 0.717) is 17.9 Å². The molecule has 0 saturated carbocycles. The highest BCUT2D eigenvalue weighted by atomic mass is 35.5. The molecule has 96 valence electrons.